The van der Waals surface area contributed by atoms with Crippen LogP contribution in [0.3, 0.4) is 0 Å². The Hall–Kier alpha value is -1.55. The molecule has 17 heavy (non-hydrogen) atoms. The first-order chi connectivity index (χ1) is 8.00. The molecule has 0 heterocycles. The van der Waals surface area contributed by atoms with Gasteiger partial charge in [0.1, 0.15) is 0 Å². The molecule has 0 aromatic heterocycles. The first-order valence-corrected chi connectivity index (χ1v) is 5.72. The smallest absolute Gasteiger partial charge is 0.407 e. The number of hydrogen-bond donors (Lipinski definition) is 2. The van der Waals surface area contributed by atoms with Crippen LogP contribution in [0.1, 0.15) is 19.4 Å². The van der Waals surface area contributed by atoms with E-state index in [4.69, 9.17) is 5.11 Å². The van der Waals surface area contributed by atoms with Gasteiger partial charge in [-0.25, -0.2) is 4.79 Å². The molecule has 4 nitrogen and oxygen atoms in total. The number of benzene rings is 1. The Kier molecular flexibility index (Phi) is 4.97. The van der Waals surface area contributed by atoms with E-state index in [1.165, 1.54) is 4.90 Å². The summed E-state index contributed by atoms with van der Waals surface area (Å²) >= 11 is 0. The van der Waals surface area contributed by atoms with Gasteiger partial charge in [-0.2, -0.15) is 0 Å². The summed E-state index contributed by atoms with van der Waals surface area (Å²) < 4.78 is 0. The minimum atomic E-state index is -0.993. The van der Waals surface area contributed by atoms with Gasteiger partial charge < -0.3 is 15.1 Å². The van der Waals surface area contributed by atoms with E-state index in [1.807, 2.05) is 30.3 Å². The van der Waals surface area contributed by atoms with Gasteiger partial charge in [-0.1, -0.05) is 30.3 Å². The highest BCUT2D eigenvalue weighted by atomic mass is 16.4. The maximum absolute atomic E-state index is 10.9. The number of aliphatic hydroxyl groups excluding tert-OH is 1. The SMILES string of the molecule is CC(C)N(CC(O)Cc1ccccc1)C(=O)O. The quantitative estimate of drug-likeness (QED) is 0.823. The van der Waals surface area contributed by atoms with Crippen LogP contribution in [0.5, 0.6) is 0 Å². The Bertz CT molecular complexity index is 351. The molecule has 0 saturated heterocycles. The minimum absolute atomic E-state index is 0.127. The predicted molar refractivity (Wildman–Crippen MR) is 66.0 cm³/mol. The number of amides is 1. The highest BCUT2D eigenvalue weighted by Gasteiger charge is 2.19. The van der Waals surface area contributed by atoms with Crippen molar-refractivity contribution < 1.29 is 15.0 Å². The Morgan fingerprint density at radius 2 is 1.88 bits per heavy atom. The summed E-state index contributed by atoms with van der Waals surface area (Å²) in [4.78, 5) is 12.2. The molecule has 0 fully saturated rings. The van der Waals surface area contributed by atoms with Crippen LogP contribution in [0, 0.1) is 0 Å². The Labute approximate surface area is 101 Å². The molecule has 1 unspecified atom stereocenters. The number of rotatable bonds is 5. The minimum Gasteiger partial charge on any atom is -0.465 e. The van der Waals surface area contributed by atoms with Gasteiger partial charge in [0.2, 0.25) is 0 Å². The van der Waals surface area contributed by atoms with Gasteiger partial charge in [-0.05, 0) is 19.4 Å². The largest absolute Gasteiger partial charge is 0.465 e. The van der Waals surface area contributed by atoms with Gasteiger partial charge in [0.15, 0.2) is 0 Å². The molecule has 0 saturated carbocycles. The molecule has 0 spiro atoms. The van der Waals surface area contributed by atoms with E-state index in [1.54, 1.807) is 13.8 Å². The summed E-state index contributed by atoms with van der Waals surface area (Å²) in [7, 11) is 0. The third-order valence-electron chi connectivity index (χ3n) is 2.59. The number of carboxylic acid groups (broad SMARTS) is 1. The van der Waals surface area contributed by atoms with E-state index < -0.39 is 12.2 Å². The van der Waals surface area contributed by atoms with Crippen molar-refractivity contribution in [1.29, 1.82) is 0 Å². The lowest BCUT2D eigenvalue weighted by Gasteiger charge is -2.26. The zero-order valence-electron chi connectivity index (χ0n) is 10.2. The van der Waals surface area contributed by atoms with Gasteiger partial charge in [0.05, 0.1) is 12.6 Å². The third kappa shape index (κ3) is 4.44. The molecular weight excluding hydrogens is 218 g/mol. The Balaban J connectivity index is 2.54. The molecule has 1 atom stereocenters. The zero-order chi connectivity index (χ0) is 12.8. The van der Waals surface area contributed by atoms with Crippen LogP contribution in [0.2, 0.25) is 0 Å². The standard InChI is InChI=1S/C13H19NO3/c1-10(2)14(13(16)17)9-12(15)8-11-6-4-3-5-7-11/h3-7,10,12,15H,8-9H2,1-2H3,(H,16,17). The number of carbonyl (C=O) groups is 1. The van der Waals surface area contributed by atoms with Gasteiger partial charge in [0, 0.05) is 12.5 Å². The van der Waals surface area contributed by atoms with E-state index in [2.05, 4.69) is 0 Å². The molecule has 1 amide bonds. The summed E-state index contributed by atoms with van der Waals surface area (Å²) in [6.45, 7) is 3.73. The average Bonchev–Trinajstić information content (AvgIpc) is 2.26. The van der Waals surface area contributed by atoms with Gasteiger partial charge in [-0.3, -0.25) is 0 Å². The lowest BCUT2D eigenvalue weighted by molar-refractivity contribution is 0.0835. The molecule has 0 bridgehead atoms. The van der Waals surface area contributed by atoms with E-state index in [0.29, 0.717) is 6.42 Å². The second-order valence-electron chi connectivity index (χ2n) is 4.37. The molecule has 0 aliphatic heterocycles. The maximum Gasteiger partial charge on any atom is 0.407 e. The molecule has 0 radical (unpaired) electrons. The molecule has 0 aliphatic rings. The van der Waals surface area contributed by atoms with E-state index in [9.17, 15) is 9.90 Å². The van der Waals surface area contributed by atoms with Crippen LogP contribution in [0.25, 0.3) is 0 Å². The maximum atomic E-state index is 10.9. The van der Waals surface area contributed by atoms with Crippen LogP contribution in [0.15, 0.2) is 30.3 Å². The van der Waals surface area contributed by atoms with Crippen molar-refractivity contribution in [2.24, 2.45) is 0 Å². The van der Waals surface area contributed by atoms with Crippen molar-refractivity contribution in [2.75, 3.05) is 6.54 Å². The van der Waals surface area contributed by atoms with Gasteiger partial charge in [-0.15, -0.1) is 0 Å². The average molecular weight is 237 g/mol. The predicted octanol–water partition coefficient (Wildman–Crippen LogP) is 1.98. The molecular formula is C13H19NO3. The first-order valence-electron chi connectivity index (χ1n) is 5.72. The third-order valence-corrected chi connectivity index (χ3v) is 2.59. The second kappa shape index (κ2) is 6.25. The number of nitrogens with zero attached hydrogens (tertiary/aromatic N) is 1. The summed E-state index contributed by atoms with van der Waals surface area (Å²) in [5, 5.41) is 18.8. The lowest BCUT2D eigenvalue weighted by atomic mass is 10.1. The zero-order valence-corrected chi connectivity index (χ0v) is 10.2. The van der Waals surface area contributed by atoms with Crippen molar-refractivity contribution >= 4 is 6.09 Å². The summed E-state index contributed by atoms with van der Waals surface area (Å²) in [6, 6.07) is 9.43. The Morgan fingerprint density at radius 1 is 1.29 bits per heavy atom. The fraction of sp³-hybridized carbons (Fsp3) is 0.462. The van der Waals surface area contributed by atoms with Gasteiger partial charge in [0.25, 0.3) is 0 Å². The molecule has 0 aliphatic carbocycles. The summed E-state index contributed by atoms with van der Waals surface area (Å²) in [6.07, 6.45) is -1.19. The van der Waals surface area contributed by atoms with Gasteiger partial charge >= 0.3 is 6.09 Å². The fourth-order valence-corrected chi connectivity index (χ4v) is 1.69. The topological polar surface area (TPSA) is 60.8 Å². The van der Waals surface area contributed by atoms with Crippen molar-refractivity contribution in [3.63, 3.8) is 0 Å². The van der Waals surface area contributed by atoms with Crippen LogP contribution in [-0.2, 0) is 6.42 Å². The number of aliphatic hydroxyl groups is 1. The molecule has 4 heteroatoms. The molecule has 94 valence electrons. The highest BCUT2D eigenvalue weighted by Crippen LogP contribution is 2.07. The van der Waals surface area contributed by atoms with Crippen LogP contribution < -0.4 is 0 Å². The monoisotopic (exact) mass is 237 g/mol. The van der Waals surface area contributed by atoms with E-state index >= 15 is 0 Å². The highest BCUT2D eigenvalue weighted by molar-refractivity contribution is 5.65. The van der Waals surface area contributed by atoms with Crippen molar-refractivity contribution in [2.45, 2.75) is 32.4 Å². The van der Waals surface area contributed by atoms with Crippen LogP contribution >= 0.6 is 0 Å². The first kappa shape index (κ1) is 13.5. The number of hydrogen-bond acceptors (Lipinski definition) is 2. The van der Waals surface area contributed by atoms with Crippen molar-refractivity contribution in [1.82, 2.24) is 4.90 Å². The van der Waals surface area contributed by atoms with Crippen LogP contribution in [0.4, 0.5) is 4.79 Å². The van der Waals surface area contributed by atoms with Crippen molar-refractivity contribution in [3.8, 4) is 0 Å². The Morgan fingerprint density at radius 3 is 2.35 bits per heavy atom. The molecule has 1 aromatic rings. The van der Waals surface area contributed by atoms with Crippen LogP contribution in [-0.4, -0.2) is 39.9 Å². The molecule has 1 rings (SSSR count). The van der Waals surface area contributed by atoms with E-state index in [0.717, 1.165) is 5.56 Å². The summed E-state index contributed by atoms with van der Waals surface area (Å²) in [5.41, 5.74) is 1.01. The van der Waals surface area contributed by atoms with E-state index in [-0.39, 0.29) is 12.6 Å². The normalized spacial score (nSPS) is 12.5. The fourth-order valence-electron chi connectivity index (χ4n) is 1.69. The molecule has 1 aromatic carbocycles. The van der Waals surface area contributed by atoms with Crippen molar-refractivity contribution in [3.05, 3.63) is 35.9 Å². The summed E-state index contributed by atoms with van der Waals surface area (Å²) in [5.74, 6) is 0. The second-order valence-corrected chi connectivity index (χ2v) is 4.37. The molecule has 2 N–H and O–H groups in total. The lowest BCUT2D eigenvalue weighted by Crippen LogP contribution is -2.41.